The molecular weight excluding hydrogens is 256 g/mol. The largest absolute Gasteiger partial charge is 0.329 e. The van der Waals surface area contributed by atoms with Gasteiger partial charge in [0, 0.05) is 18.1 Å². The second-order valence-electron chi connectivity index (χ2n) is 6.11. The molecular formula is C19H26N2. The molecule has 0 spiro atoms. The van der Waals surface area contributed by atoms with E-state index in [1.165, 1.54) is 11.1 Å². The first-order chi connectivity index (χ1) is 10.1. The molecule has 2 heteroatoms. The summed E-state index contributed by atoms with van der Waals surface area (Å²) in [5, 5.41) is 3.71. The second-order valence-corrected chi connectivity index (χ2v) is 6.11. The second kappa shape index (κ2) is 7.39. The SMILES string of the molecule is CC(C)NC(CN)(Cc1ccccc1)Cc1ccccc1. The molecule has 21 heavy (non-hydrogen) atoms. The number of rotatable bonds is 7. The van der Waals surface area contributed by atoms with Crippen LogP contribution in [-0.4, -0.2) is 18.1 Å². The summed E-state index contributed by atoms with van der Waals surface area (Å²) in [6.07, 6.45) is 1.88. The van der Waals surface area contributed by atoms with Crippen LogP contribution in [0.2, 0.25) is 0 Å². The van der Waals surface area contributed by atoms with Gasteiger partial charge in [0.05, 0.1) is 0 Å². The lowest BCUT2D eigenvalue weighted by Crippen LogP contribution is -2.57. The summed E-state index contributed by atoms with van der Waals surface area (Å²) < 4.78 is 0. The maximum Gasteiger partial charge on any atom is 0.0387 e. The molecule has 2 rings (SSSR count). The van der Waals surface area contributed by atoms with Gasteiger partial charge in [0.15, 0.2) is 0 Å². The molecule has 0 bridgehead atoms. The quantitative estimate of drug-likeness (QED) is 0.818. The molecule has 0 amide bonds. The van der Waals surface area contributed by atoms with Crippen molar-refractivity contribution in [3.63, 3.8) is 0 Å². The van der Waals surface area contributed by atoms with Gasteiger partial charge in [-0.3, -0.25) is 0 Å². The highest BCUT2D eigenvalue weighted by molar-refractivity contribution is 5.23. The first kappa shape index (κ1) is 15.7. The van der Waals surface area contributed by atoms with Crippen molar-refractivity contribution in [1.82, 2.24) is 5.32 Å². The number of hydrogen-bond donors (Lipinski definition) is 2. The zero-order valence-electron chi connectivity index (χ0n) is 13.0. The Bertz CT molecular complexity index is 478. The normalized spacial score (nSPS) is 11.8. The Hall–Kier alpha value is -1.64. The standard InChI is InChI=1S/C19H26N2/c1-16(2)21-19(15-20,13-17-9-5-3-6-10-17)14-18-11-7-4-8-12-18/h3-12,16,21H,13-15,20H2,1-2H3. The van der Waals surface area contributed by atoms with Gasteiger partial charge in [-0.15, -0.1) is 0 Å². The molecule has 0 radical (unpaired) electrons. The predicted molar refractivity (Wildman–Crippen MR) is 90.3 cm³/mol. The van der Waals surface area contributed by atoms with Gasteiger partial charge in [-0.1, -0.05) is 74.5 Å². The van der Waals surface area contributed by atoms with Crippen molar-refractivity contribution in [1.29, 1.82) is 0 Å². The number of benzene rings is 2. The molecule has 0 saturated carbocycles. The van der Waals surface area contributed by atoms with E-state index in [0.717, 1.165) is 12.8 Å². The Morgan fingerprint density at radius 3 is 1.62 bits per heavy atom. The topological polar surface area (TPSA) is 38.0 Å². The van der Waals surface area contributed by atoms with Crippen molar-refractivity contribution in [2.24, 2.45) is 5.73 Å². The fourth-order valence-electron chi connectivity index (χ4n) is 2.95. The van der Waals surface area contributed by atoms with E-state index in [2.05, 4.69) is 79.8 Å². The lowest BCUT2D eigenvalue weighted by Gasteiger charge is -2.36. The summed E-state index contributed by atoms with van der Waals surface area (Å²) in [5.74, 6) is 0. The molecule has 2 aromatic rings. The highest BCUT2D eigenvalue weighted by Gasteiger charge is 2.29. The number of nitrogens with two attached hydrogens (primary N) is 1. The monoisotopic (exact) mass is 282 g/mol. The van der Waals surface area contributed by atoms with E-state index in [1.807, 2.05) is 0 Å². The van der Waals surface area contributed by atoms with Crippen molar-refractivity contribution < 1.29 is 0 Å². The van der Waals surface area contributed by atoms with Crippen molar-refractivity contribution in [3.05, 3.63) is 71.8 Å². The van der Waals surface area contributed by atoms with Crippen LogP contribution in [0.4, 0.5) is 0 Å². The predicted octanol–water partition coefficient (Wildman–Crippen LogP) is 3.17. The zero-order chi connectivity index (χ0) is 15.1. The van der Waals surface area contributed by atoms with E-state index in [0.29, 0.717) is 12.6 Å². The molecule has 2 aromatic carbocycles. The third-order valence-corrected chi connectivity index (χ3v) is 3.76. The van der Waals surface area contributed by atoms with Crippen LogP contribution in [0.3, 0.4) is 0 Å². The van der Waals surface area contributed by atoms with Crippen molar-refractivity contribution >= 4 is 0 Å². The molecule has 0 aliphatic carbocycles. The van der Waals surface area contributed by atoms with Crippen LogP contribution in [0, 0.1) is 0 Å². The fraction of sp³-hybridized carbons (Fsp3) is 0.368. The molecule has 0 fully saturated rings. The summed E-state index contributed by atoms with van der Waals surface area (Å²) in [6, 6.07) is 21.6. The Morgan fingerprint density at radius 1 is 0.857 bits per heavy atom. The van der Waals surface area contributed by atoms with Crippen molar-refractivity contribution in [2.75, 3.05) is 6.54 Å². The average Bonchev–Trinajstić information content (AvgIpc) is 2.48. The Balaban J connectivity index is 2.24. The molecule has 0 unspecified atom stereocenters. The molecule has 0 aromatic heterocycles. The number of nitrogens with one attached hydrogen (secondary N) is 1. The zero-order valence-corrected chi connectivity index (χ0v) is 13.0. The van der Waals surface area contributed by atoms with E-state index in [9.17, 15) is 0 Å². The maximum absolute atomic E-state index is 6.19. The Morgan fingerprint density at radius 2 is 1.29 bits per heavy atom. The molecule has 3 N–H and O–H groups in total. The van der Waals surface area contributed by atoms with Crippen molar-refractivity contribution in [3.8, 4) is 0 Å². The van der Waals surface area contributed by atoms with E-state index >= 15 is 0 Å². The van der Waals surface area contributed by atoms with Gasteiger partial charge in [-0.05, 0) is 24.0 Å². The van der Waals surface area contributed by atoms with Gasteiger partial charge < -0.3 is 11.1 Å². The smallest absolute Gasteiger partial charge is 0.0387 e. The van der Waals surface area contributed by atoms with Gasteiger partial charge in [0.2, 0.25) is 0 Å². The Kier molecular flexibility index (Phi) is 5.54. The van der Waals surface area contributed by atoms with Gasteiger partial charge >= 0.3 is 0 Å². The maximum atomic E-state index is 6.19. The minimum absolute atomic E-state index is 0.100. The highest BCUT2D eigenvalue weighted by Crippen LogP contribution is 2.19. The van der Waals surface area contributed by atoms with Crippen LogP contribution < -0.4 is 11.1 Å². The van der Waals surface area contributed by atoms with Gasteiger partial charge in [0.25, 0.3) is 0 Å². The summed E-state index contributed by atoms with van der Waals surface area (Å²) in [5.41, 5.74) is 8.74. The molecule has 0 atom stereocenters. The number of hydrogen-bond acceptors (Lipinski definition) is 2. The minimum Gasteiger partial charge on any atom is -0.329 e. The molecule has 0 aliphatic rings. The third-order valence-electron chi connectivity index (χ3n) is 3.76. The van der Waals surface area contributed by atoms with Crippen LogP contribution in [0.25, 0.3) is 0 Å². The van der Waals surface area contributed by atoms with E-state index in [1.54, 1.807) is 0 Å². The van der Waals surface area contributed by atoms with Crippen LogP contribution >= 0.6 is 0 Å². The van der Waals surface area contributed by atoms with E-state index in [-0.39, 0.29) is 5.54 Å². The van der Waals surface area contributed by atoms with Gasteiger partial charge in [-0.2, -0.15) is 0 Å². The Labute approximate surface area is 128 Å². The molecule has 112 valence electrons. The lowest BCUT2D eigenvalue weighted by molar-refractivity contribution is 0.300. The van der Waals surface area contributed by atoms with Crippen LogP contribution in [-0.2, 0) is 12.8 Å². The molecule has 2 nitrogen and oxygen atoms in total. The molecule has 0 aliphatic heterocycles. The lowest BCUT2D eigenvalue weighted by atomic mass is 9.84. The summed E-state index contributed by atoms with van der Waals surface area (Å²) in [4.78, 5) is 0. The minimum atomic E-state index is -0.100. The van der Waals surface area contributed by atoms with Crippen molar-refractivity contribution in [2.45, 2.75) is 38.3 Å². The van der Waals surface area contributed by atoms with Crippen LogP contribution in [0.15, 0.2) is 60.7 Å². The molecule has 0 heterocycles. The first-order valence-electron chi connectivity index (χ1n) is 7.69. The van der Waals surface area contributed by atoms with Gasteiger partial charge in [0.1, 0.15) is 0 Å². The highest BCUT2D eigenvalue weighted by atomic mass is 15.0. The van der Waals surface area contributed by atoms with Crippen LogP contribution in [0.5, 0.6) is 0 Å². The summed E-state index contributed by atoms with van der Waals surface area (Å²) in [6.45, 7) is 4.98. The van der Waals surface area contributed by atoms with Crippen LogP contribution in [0.1, 0.15) is 25.0 Å². The van der Waals surface area contributed by atoms with E-state index in [4.69, 9.17) is 5.73 Å². The summed E-state index contributed by atoms with van der Waals surface area (Å²) in [7, 11) is 0. The first-order valence-corrected chi connectivity index (χ1v) is 7.69. The molecule has 0 saturated heterocycles. The van der Waals surface area contributed by atoms with Gasteiger partial charge in [-0.25, -0.2) is 0 Å². The fourth-order valence-corrected chi connectivity index (χ4v) is 2.95. The third kappa shape index (κ3) is 4.69. The van der Waals surface area contributed by atoms with E-state index < -0.39 is 0 Å². The summed E-state index contributed by atoms with van der Waals surface area (Å²) >= 11 is 0. The average molecular weight is 282 g/mol.